The van der Waals surface area contributed by atoms with Crippen LogP contribution >= 0.6 is 0 Å². The topological polar surface area (TPSA) is 40.5 Å². The molecular weight excluding hydrogens is 386 g/mol. The van der Waals surface area contributed by atoms with Crippen LogP contribution in [0.4, 0.5) is 11.4 Å². The minimum atomic E-state index is 0. The summed E-state index contributed by atoms with van der Waals surface area (Å²) in [6.07, 6.45) is 0. The number of nitrogens with zero attached hydrogens (tertiary/aromatic N) is 2. The molecule has 2 aromatic carbocycles. The van der Waals surface area contributed by atoms with E-state index in [1.807, 2.05) is 50.2 Å². The summed E-state index contributed by atoms with van der Waals surface area (Å²) in [6, 6.07) is 20.4. The summed E-state index contributed by atoms with van der Waals surface area (Å²) in [4.78, 5) is 12.9. The molecule has 0 amide bonds. The molecule has 0 spiro atoms. The molecule has 0 aliphatic carbocycles. The molecular formula is C24H29FeN3. The molecule has 0 saturated heterocycles. The van der Waals surface area contributed by atoms with E-state index >= 15 is 0 Å². The van der Waals surface area contributed by atoms with E-state index < -0.39 is 0 Å². The predicted molar refractivity (Wildman–Crippen MR) is 120 cm³/mol. The van der Waals surface area contributed by atoms with Gasteiger partial charge in [-0.1, -0.05) is 36.4 Å². The van der Waals surface area contributed by atoms with Gasteiger partial charge in [0.25, 0.3) is 0 Å². The van der Waals surface area contributed by atoms with Gasteiger partial charge in [-0.25, -0.2) is 0 Å². The molecule has 148 valence electrons. The van der Waals surface area contributed by atoms with E-state index in [2.05, 4.69) is 43.1 Å². The van der Waals surface area contributed by atoms with Crippen molar-refractivity contribution < 1.29 is 17.1 Å². The molecule has 0 radical (unpaired) electrons. The van der Waals surface area contributed by atoms with Crippen molar-refractivity contribution in [3.8, 4) is 0 Å². The molecule has 3 aromatic rings. The summed E-state index contributed by atoms with van der Waals surface area (Å²) < 4.78 is 0. The van der Waals surface area contributed by atoms with Crippen molar-refractivity contribution in [1.82, 2.24) is 4.98 Å². The van der Waals surface area contributed by atoms with Crippen molar-refractivity contribution >= 4 is 22.8 Å². The average molecular weight is 415 g/mol. The van der Waals surface area contributed by atoms with Crippen molar-refractivity contribution in [1.29, 1.82) is 0 Å². The summed E-state index contributed by atoms with van der Waals surface area (Å²) >= 11 is 0. The first-order chi connectivity index (χ1) is 12.0. The van der Waals surface area contributed by atoms with E-state index in [-0.39, 0.29) is 31.9 Å². The number of aromatic amines is 1. The second kappa shape index (κ2) is 11.4. The van der Waals surface area contributed by atoms with Crippen molar-refractivity contribution in [2.24, 2.45) is 9.98 Å². The second-order valence-electron chi connectivity index (χ2n) is 6.25. The Bertz CT molecular complexity index is 876. The molecule has 0 bridgehead atoms. The monoisotopic (exact) mass is 415 g/mol. The third kappa shape index (κ3) is 6.05. The SMILES string of the molecule is CC(=Nc1ccccc1C)c1ccc(C(C)=Nc2ccccc2C)[nH]1.[CH3-].[CH3-].[Fe+2]. The van der Waals surface area contributed by atoms with Crippen molar-refractivity contribution in [2.45, 2.75) is 27.7 Å². The third-order valence-electron chi connectivity index (χ3n) is 4.27. The number of para-hydroxylation sites is 2. The molecule has 3 nitrogen and oxygen atoms in total. The Balaban J connectivity index is 0.00000243. The van der Waals surface area contributed by atoms with Gasteiger partial charge in [0.05, 0.1) is 34.2 Å². The molecule has 1 heterocycles. The summed E-state index contributed by atoms with van der Waals surface area (Å²) in [5.74, 6) is 0. The summed E-state index contributed by atoms with van der Waals surface area (Å²) in [6.45, 7) is 8.20. The maximum Gasteiger partial charge on any atom is 2.00 e. The van der Waals surface area contributed by atoms with Crippen LogP contribution in [0, 0.1) is 28.7 Å². The van der Waals surface area contributed by atoms with Gasteiger partial charge >= 0.3 is 17.1 Å². The Morgan fingerprint density at radius 3 is 1.36 bits per heavy atom. The quantitative estimate of drug-likeness (QED) is 0.276. The molecule has 28 heavy (non-hydrogen) atoms. The number of H-pyrrole nitrogens is 1. The van der Waals surface area contributed by atoms with Gasteiger partial charge in [-0.05, 0) is 63.1 Å². The van der Waals surface area contributed by atoms with Crippen LogP contribution in [0.1, 0.15) is 36.4 Å². The molecule has 1 aromatic heterocycles. The van der Waals surface area contributed by atoms with E-state index in [0.717, 1.165) is 34.2 Å². The molecule has 1 N–H and O–H groups in total. The maximum atomic E-state index is 4.75. The molecule has 4 heteroatoms. The van der Waals surface area contributed by atoms with Crippen molar-refractivity contribution in [3.63, 3.8) is 0 Å². The molecule has 0 unspecified atom stereocenters. The minimum absolute atomic E-state index is 0. The molecule has 0 aliphatic heterocycles. The Kier molecular flexibility index (Phi) is 10.4. The van der Waals surface area contributed by atoms with Gasteiger partial charge < -0.3 is 19.8 Å². The van der Waals surface area contributed by atoms with Crippen LogP contribution in [0.5, 0.6) is 0 Å². The molecule has 3 rings (SSSR count). The fourth-order valence-corrected chi connectivity index (χ4v) is 2.68. The van der Waals surface area contributed by atoms with Gasteiger partial charge in [-0.3, -0.25) is 9.98 Å². The van der Waals surface area contributed by atoms with Crippen molar-refractivity contribution in [2.75, 3.05) is 0 Å². The van der Waals surface area contributed by atoms with E-state index in [1.54, 1.807) is 0 Å². The van der Waals surface area contributed by atoms with Crippen LogP contribution in [0.15, 0.2) is 70.6 Å². The summed E-state index contributed by atoms with van der Waals surface area (Å²) in [7, 11) is 0. The fourth-order valence-electron chi connectivity index (χ4n) is 2.68. The van der Waals surface area contributed by atoms with Crippen molar-refractivity contribution in [3.05, 3.63) is 98.0 Å². The number of nitrogens with one attached hydrogen (secondary N) is 1. The van der Waals surface area contributed by atoms with Gasteiger partial charge in [0, 0.05) is 0 Å². The Hall–Kier alpha value is -2.42. The van der Waals surface area contributed by atoms with E-state index in [4.69, 9.17) is 9.98 Å². The summed E-state index contributed by atoms with van der Waals surface area (Å²) in [5, 5.41) is 0. The van der Waals surface area contributed by atoms with Gasteiger partial charge in [-0.15, -0.1) is 0 Å². The van der Waals surface area contributed by atoms with Crippen LogP contribution in [-0.2, 0) is 17.1 Å². The average Bonchev–Trinajstić information content (AvgIpc) is 3.09. The smallest absolute Gasteiger partial charge is 0.358 e. The van der Waals surface area contributed by atoms with E-state index in [1.165, 1.54) is 11.1 Å². The number of benzene rings is 2. The Morgan fingerprint density at radius 2 is 1.00 bits per heavy atom. The number of aliphatic imine (C=N–C) groups is 2. The van der Waals surface area contributed by atoms with E-state index in [9.17, 15) is 0 Å². The molecule has 0 fully saturated rings. The first kappa shape index (κ1) is 25.6. The van der Waals surface area contributed by atoms with Gasteiger partial charge in [-0.2, -0.15) is 0 Å². The number of hydrogen-bond acceptors (Lipinski definition) is 2. The normalized spacial score (nSPS) is 11.1. The predicted octanol–water partition coefficient (Wildman–Crippen LogP) is 6.81. The molecule has 0 aliphatic rings. The van der Waals surface area contributed by atoms with Gasteiger partial charge in [0.15, 0.2) is 0 Å². The first-order valence-corrected chi connectivity index (χ1v) is 8.46. The van der Waals surface area contributed by atoms with Crippen LogP contribution in [-0.4, -0.2) is 16.4 Å². The second-order valence-corrected chi connectivity index (χ2v) is 6.25. The molecule has 0 saturated carbocycles. The van der Waals surface area contributed by atoms with Gasteiger partial charge in [0.1, 0.15) is 0 Å². The number of aryl methyl sites for hydroxylation is 2. The first-order valence-electron chi connectivity index (χ1n) is 8.46. The van der Waals surface area contributed by atoms with Crippen LogP contribution in [0.3, 0.4) is 0 Å². The minimum Gasteiger partial charge on any atom is -0.358 e. The zero-order valence-corrected chi connectivity index (χ0v) is 18.6. The van der Waals surface area contributed by atoms with Crippen LogP contribution in [0.2, 0.25) is 0 Å². The summed E-state index contributed by atoms with van der Waals surface area (Å²) in [5.41, 5.74) is 8.29. The zero-order valence-electron chi connectivity index (χ0n) is 17.5. The van der Waals surface area contributed by atoms with E-state index in [0.29, 0.717) is 0 Å². The largest absolute Gasteiger partial charge is 2.00 e. The fraction of sp³-hybridized carbons (Fsp3) is 0.167. The van der Waals surface area contributed by atoms with Crippen LogP contribution in [0.25, 0.3) is 0 Å². The van der Waals surface area contributed by atoms with Gasteiger partial charge in [0.2, 0.25) is 0 Å². The maximum absolute atomic E-state index is 4.75. The Labute approximate surface area is 180 Å². The van der Waals surface area contributed by atoms with Crippen LogP contribution < -0.4 is 0 Å². The number of rotatable bonds is 4. The number of hydrogen-bond donors (Lipinski definition) is 1. The standard InChI is InChI=1S/C22H23N3.2CH3.Fe/c1-15-9-5-7-11-19(15)23-17(3)21-13-14-22(25-21)18(4)24-20-12-8-6-10-16(20)2;;;/h5-14,25H,1-4H3;2*1H3;/q;2*-1;+2. The molecule has 0 atom stereocenters. The Morgan fingerprint density at radius 1 is 0.643 bits per heavy atom. The number of aromatic nitrogens is 1. The zero-order chi connectivity index (χ0) is 17.8. The third-order valence-corrected chi connectivity index (χ3v) is 4.27.